The number of ether oxygens (including phenoxy) is 1. The summed E-state index contributed by atoms with van der Waals surface area (Å²) < 4.78 is 5.68. The van der Waals surface area contributed by atoms with Gasteiger partial charge in [0.25, 0.3) is 0 Å². The number of nitrogens with one attached hydrogen (secondary N) is 3. The monoisotopic (exact) mass is 351 g/mol. The van der Waals surface area contributed by atoms with Gasteiger partial charge in [-0.15, -0.1) is 0 Å². The Hall–Kier alpha value is -1.76. The van der Waals surface area contributed by atoms with Crippen LogP contribution in [0.15, 0.2) is 36.7 Å². The van der Waals surface area contributed by atoms with E-state index in [2.05, 4.69) is 22.5 Å². The summed E-state index contributed by atoms with van der Waals surface area (Å²) in [5, 5.41) is 29.0. The van der Waals surface area contributed by atoms with Gasteiger partial charge in [0.2, 0.25) is 0 Å². The lowest BCUT2D eigenvalue weighted by atomic mass is 10.0. The molecule has 25 heavy (non-hydrogen) atoms. The minimum absolute atomic E-state index is 0.141. The molecule has 0 bridgehead atoms. The van der Waals surface area contributed by atoms with Crippen LogP contribution in [-0.2, 0) is 6.42 Å². The first-order chi connectivity index (χ1) is 11.9. The zero-order valence-electron chi connectivity index (χ0n) is 15.6. The molecule has 5 N–H and O–H groups in total. The fourth-order valence-electron chi connectivity index (χ4n) is 2.41. The summed E-state index contributed by atoms with van der Waals surface area (Å²) in [4.78, 5) is 0. The summed E-state index contributed by atoms with van der Waals surface area (Å²) in [5.41, 5.74) is 1.05. The molecule has 0 aliphatic rings. The van der Waals surface area contributed by atoms with Gasteiger partial charge in [-0.1, -0.05) is 26.0 Å². The quantitative estimate of drug-likeness (QED) is 0.274. The fraction of sp³-hybridized carbons (Fsp3) is 0.579. The topological polar surface area (TPSA) is 85.8 Å². The molecular weight excluding hydrogens is 318 g/mol. The molecule has 0 amide bonds. The predicted molar refractivity (Wildman–Crippen MR) is 102 cm³/mol. The summed E-state index contributed by atoms with van der Waals surface area (Å²) in [7, 11) is 1.92. The number of aliphatic hydroxyl groups excluding tert-OH is 2. The molecule has 0 aliphatic carbocycles. The van der Waals surface area contributed by atoms with Crippen LogP contribution >= 0.6 is 0 Å². The molecule has 0 heterocycles. The van der Waals surface area contributed by atoms with Crippen LogP contribution in [0.2, 0.25) is 0 Å². The highest BCUT2D eigenvalue weighted by Crippen LogP contribution is 2.15. The molecule has 1 rings (SSSR count). The average molecular weight is 351 g/mol. The lowest BCUT2D eigenvalue weighted by Crippen LogP contribution is -2.47. The molecule has 142 valence electrons. The molecule has 6 heteroatoms. The zero-order valence-corrected chi connectivity index (χ0v) is 15.6. The van der Waals surface area contributed by atoms with E-state index < -0.39 is 6.10 Å². The lowest BCUT2D eigenvalue weighted by Gasteiger charge is -2.25. The second kappa shape index (κ2) is 11.7. The normalized spacial score (nSPS) is 13.5. The molecule has 0 spiro atoms. The zero-order chi connectivity index (χ0) is 18.7. The summed E-state index contributed by atoms with van der Waals surface area (Å²) >= 11 is 0. The highest BCUT2D eigenvalue weighted by molar-refractivity contribution is 5.28. The van der Waals surface area contributed by atoms with E-state index in [4.69, 9.17) is 4.74 Å². The SMILES string of the molecule is C=C(O)N[C@@H](Cc1ccc(OCCCNC)cc1)[C@H](O)CNC(C)C. The van der Waals surface area contributed by atoms with Gasteiger partial charge < -0.3 is 30.9 Å². The van der Waals surface area contributed by atoms with Gasteiger partial charge in [-0.3, -0.25) is 0 Å². The molecule has 0 fully saturated rings. The third-order valence-electron chi connectivity index (χ3n) is 3.77. The highest BCUT2D eigenvalue weighted by atomic mass is 16.5. The van der Waals surface area contributed by atoms with E-state index in [9.17, 15) is 10.2 Å². The number of hydrogen-bond donors (Lipinski definition) is 5. The Morgan fingerprint density at radius 1 is 1.24 bits per heavy atom. The van der Waals surface area contributed by atoms with Crippen molar-refractivity contribution in [1.29, 1.82) is 0 Å². The minimum atomic E-state index is -0.649. The molecule has 0 saturated heterocycles. The molecular formula is C19H33N3O3. The molecule has 0 saturated carbocycles. The Kier molecular flexibility index (Phi) is 9.99. The van der Waals surface area contributed by atoms with Crippen molar-refractivity contribution in [2.24, 2.45) is 0 Å². The maximum atomic E-state index is 10.4. The van der Waals surface area contributed by atoms with E-state index >= 15 is 0 Å². The minimum Gasteiger partial charge on any atom is -0.495 e. The Labute approximate surface area is 151 Å². The molecule has 1 aromatic carbocycles. The van der Waals surface area contributed by atoms with Gasteiger partial charge in [0, 0.05) is 12.6 Å². The molecule has 0 aliphatic heterocycles. The number of hydrogen-bond acceptors (Lipinski definition) is 6. The molecule has 6 nitrogen and oxygen atoms in total. The maximum Gasteiger partial charge on any atom is 0.176 e. The lowest BCUT2D eigenvalue weighted by molar-refractivity contribution is 0.119. The van der Waals surface area contributed by atoms with Crippen molar-refractivity contribution in [3.05, 3.63) is 42.3 Å². The van der Waals surface area contributed by atoms with Gasteiger partial charge in [-0.2, -0.15) is 0 Å². The second-order valence-corrected chi connectivity index (χ2v) is 6.48. The van der Waals surface area contributed by atoms with Crippen LogP contribution in [0.1, 0.15) is 25.8 Å². The standard InChI is InChI=1S/C19H33N3O3/c1-14(2)21-13-19(24)18(22-15(3)23)12-16-6-8-17(9-7-16)25-11-5-10-20-4/h6-9,14,18-24H,3,5,10-13H2,1-2,4H3/t18-,19+/m0/s1. The van der Waals surface area contributed by atoms with E-state index in [0.29, 0.717) is 19.6 Å². The van der Waals surface area contributed by atoms with Gasteiger partial charge >= 0.3 is 0 Å². The third-order valence-corrected chi connectivity index (χ3v) is 3.77. The molecule has 2 atom stereocenters. The Balaban J connectivity index is 2.59. The van der Waals surface area contributed by atoms with E-state index in [1.807, 2.05) is 45.2 Å². The van der Waals surface area contributed by atoms with Crippen molar-refractivity contribution >= 4 is 0 Å². The van der Waals surface area contributed by atoms with E-state index in [1.165, 1.54) is 0 Å². The first-order valence-corrected chi connectivity index (χ1v) is 8.84. The van der Waals surface area contributed by atoms with Crippen LogP contribution < -0.4 is 20.7 Å². The third kappa shape index (κ3) is 9.34. The van der Waals surface area contributed by atoms with Crippen molar-refractivity contribution in [1.82, 2.24) is 16.0 Å². The highest BCUT2D eigenvalue weighted by Gasteiger charge is 2.20. The number of aliphatic hydroxyl groups is 2. The van der Waals surface area contributed by atoms with Gasteiger partial charge in [-0.05, 0) is 50.7 Å². The number of rotatable bonds is 13. The summed E-state index contributed by atoms with van der Waals surface area (Å²) in [6.45, 7) is 9.56. The fourth-order valence-corrected chi connectivity index (χ4v) is 2.41. The first-order valence-electron chi connectivity index (χ1n) is 8.84. The smallest absolute Gasteiger partial charge is 0.176 e. The van der Waals surface area contributed by atoms with Crippen LogP contribution in [-0.4, -0.2) is 55.1 Å². The van der Waals surface area contributed by atoms with Gasteiger partial charge in [0.05, 0.1) is 18.8 Å². The first kappa shape index (κ1) is 21.3. The maximum absolute atomic E-state index is 10.4. The Bertz CT molecular complexity index is 491. The number of benzene rings is 1. The van der Waals surface area contributed by atoms with Crippen LogP contribution in [0.25, 0.3) is 0 Å². The van der Waals surface area contributed by atoms with E-state index in [0.717, 1.165) is 24.3 Å². The van der Waals surface area contributed by atoms with Crippen LogP contribution in [0.5, 0.6) is 5.75 Å². The molecule has 0 aromatic heterocycles. The van der Waals surface area contributed by atoms with Crippen molar-refractivity contribution in [3.63, 3.8) is 0 Å². The summed E-state index contributed by atoms with van der Waals surface area (Å²) in [6, 6.07) is 7.77. The van der Waals surface area contributed by atoms with E-state index in [1.54, 1.807) is 0 Å². The summed E-state index contributed by atoms with van der Waals surface area (Å²) in [6.07, 6.45) is 0.877. The van der Waals surface area contributed by atoms with Crippen LogP contribution in [0.4, 0.5) is 0 Å². The van der Waals surface area contributed by atoms with Crippen molar-refractivity contribution in [2.45, 2.75) is 44.9 Å². The second-order valence-electron chi connectivity index (χ2n) is 6.48. The van der Waals surface area contributed by atoms with Crippen LogP contribution in [0, 0.1) is 0 Å². The van der Waals surface area contributed by atoms with Crippen molar-refractivity contribution in [3.8, 4) is 5.75 Å². The summed E-state index contributed by atoms with van der Waals surface area (Å²) in [5.74, 6) is 0.691. The average Bonchev–Trinajstić information content (AvgIpc) is 2.57. The van der Waals surface area contributed by atoms with E-state index in [-0.39, 0.29) is 18.0 Å². The Morgan fingerprint density at radius 2 is 1.92 bits per heavy atom. The molecule has 1 aromatic rings. The van der Waals surface area contributed by atoms with Crippen molar-refractivity contribution < 1.29 is 14.9 Å². The van der Waals surface area contributed by atoms with Gasteiger partial charge in [0.1, 0.15) is 5.75 Å². The molecule has 0 unspecified atom stereocenters. The van der Waals surface area contributed by atoms with Gasteiger partial charge in [-0.25, -0.2) is 0 Å². The van der Waals surface area contributed by atoms with Crippen molar-refractivity contribution in [2.75, 3.05) is 26.7 Å². The molecule has 0 radical (unpaired) electrons. The Morgan fingerprint density at radius 3 is 2.48 bits per heavy atom. The van der Waals surface area contributed by atoms with Crippen LogP contribution in [0.3, 0.4) is 0 Å². The van der Waals surface area contributed by atoms with Gasteiger partial charge in [0.15, 0.2) is 5.88 Å². The largest absolute Gasteiger partial charge is 0.495 e. The predicted octanol–water partition coefficient (Wildman–Crippen LogP) is 1.56.